The van der Waals surface area contributed by atoms with Crippen LogP contribution >= 0.6 is 0 Å². The molecule has 0 saturated heterocycles. The molecule has 0 bridgehead atoms. The SMILES string of the molecule is N#CCC(=O)Nc1cccc(Cc2ccccc2)c1. The summed E-state index contributed by atoms with van der Waals surface area (Å²) in [6, 6.07) is 19.7. The van der Waals surface area contributed by atoms with Crippen LogP contribution in [0.25, 0.3) is 0 Å². The Morgan fingerprint density at radius 2 is 1.79 bits per heavy atom. The highest BCUT2D eigenvalue weighted by Gasteiger charge is 2.02. The van der Waals surface area contributed by atoms with E-state index in [-0.39, 0.29) is 12.3 Å². The second-order valence-electron chi connectivity index (χ2n) is 4.25. The molecule has 3 nitrogen and oxygen atoms in total. The number of nitrogens with zero attached hydrogens (tertiary/aromatic N) is 1. The van der Waals surface area contributed by atoms with E-state index in [1.165, 1.54) is 5.56 Å². The average Bonchev–Trinajstić information content (AvgIpc) is 2.40. The van der Waals surface area contributed by atoms with Gasteiger partial charge in [-0.1, -0.05) is 42.5 Å². The quantitative estimate of drug-likeness (QED) is 0.906. The number of carbonyl (C=O) groups excluding carboxylic acids is 1. The lowest BCUT2D eigenvalue weighted by atomic mass is 10.0. The van der Waals surface area contributed by atoms with Gasteiger partial charge < -0.3 is 5.32 Å². The standard InChI is InChI=1S/C16H14N2O/c17-10-9-16(19)18-15-8-4-7-14(12-15)11-13-5-2-1-3-6-13/h1-8,12H,9,11H2,(H,18,19). The van der Waals surface area contributed by atoms with Gasteiger partial charge in [-0.3, -0.25) is 4.79 Å². The monoisotopic (exact) mass is 250 g/mol. The van der Waals surface area contributed by atoms with E-state index >= 15 is 0 Å². The molecule has 0 saturated carbocycles. The highest BCUT2D eigenvalue weighted by atomic mass is 16.1. The zero-order valence-electron chi connectivity index (χ0n) is 10.5. The number of hydrogen-bond acceptors (Lipinski definition) is 2. The number of hydrogen-bond donors (Lipinski definition) is 1. The fourth-order valence-corrected chi connectivity index (χ4v) is 1.87. The summed E-state index contributed by atoms with van der Waals surface area (Å²) in [6.07, 6.45) is 0.700. The van der Waals surface area contributed by atoms with E-state index < -0.39 is 0 Å². The molecule has 0 heterocycles. The van der Waals surface area contributed by atoms with Gasteiger partial charge in [-0.05, 0) is 29.7 Å². The Hall–Kier alpha value is -2.60. The highest BCUT2D eigenvalue weighted by Crippen LogP contribution is 2.14. The van der Waals surface area contributed by atoms with E-state index in [1.807, 2.05) is 48.5 Å². The first-order valence-electron chi connectivity index (χ1n) is 6.07. The van der Waals surface area contributed by atoms with Crippen molar-refractivity contribution in [2.45, 2.75) is 12.8 Å². The second-order valence-corrected chi connectivity index (χ2v) is 4.25. The van der Waals surface area contributed by atoms with Gasteiger partial charge in [0.05, 0.1) is 6.07 Å². The van der Waals surface area contributed by atoms with Crippen LogP contribution in [0.3, 0.4) is 0 Å². The molecule has 0 unspecified atom stereocenters. The third kappa shape index (κ3) is 3.97. The Bertz CT molecular complexity index is 600. The van der Waals surface area contributed by atoms with Crippen LogP contribution in [0.5, 0.6) is 0 Å². The summed E-state index contributed by atoms with van der Waals surface area (Å²) in [4.78, 5) is 11.3. The van der Waals surface area contributed by atoms with Gasteiger partial charge in [0.15, 0.2) is 0 Å². The van der Waals surface area contributed by atoms with Crippen molar-refractivity contribution in [3.8, 4) is 6.07 Å². The van der Waals surface area contributed by atoms with Crippen molar-refractivity contribution in [2.75, 3.05) is 5.32 Å². The van der Waals surface area contributed by atoms with Crippen LogP contribution in [-0.2, 0) is 11.2 Å². The molecule has 0 atom stereocenters. The molecule has 0 aliphatic rings. The number of nitriles is 1. The lowest BCUT2D eigenvalue weighted by Crippen LogP contribution is -2.10. The van der Waals surface area contributed by atoms with Crippen molar-refractivity contribution < 1.29 is 4.79 Å². The number of rotatable bonds is 4. The molecule has 0 fully saturated rings. The maximum Gasteiger partial charge on any atom is 0.238 e. The van der Waals surface area contributed by atoms with Crippen LogP contribution in [0.1, 0.15) is 17.5 Å². The van der Waals surface area contributed by atoms with Gasteiger partial charge in [-0.25, -0.2) is 0 Å². The van der Waals surface area contributed by atoms with E-state index in [0.29, 0.717) is 0 Å². The molecule has 0 radical (unpaired) electrons. The van der Waals surface area contributed by atoms with E-state index in [4.69, 9.17) is 5.26 Å². The molecule has 3 heteroatoms. The molecule has 19 heavy (non-hydrogen) atoms. The van der Waals surface area contributed by atoms with Crippen LogP contribution in [0.2, 0.25) is 0 Å². The van der Waals surface area contributed by atoms with Crippen LogP contribution in [0.15, 0.2) is 54.6 Å². The Morgan fingerprint density at radius 3 is 2.53 bits per heavy atom. The van der Waals surface area contributed by atoms with Gasteiger partial charge in [0.25, 0.3) is 0 Å². The van der Waals surface area contributed by atoms with Crippen molar-refractivity contribution >= 4 is 11.6 Å². The molecule has 2 aromatic carbocycles. The molecule has 1 N–H and O–H groups in total. The van der Waals surface area contributed by atoms with Gasteiger partial charge >= 0.3 is 0 Å². The molecular formula is C16H14N2O. The largest absolute Gasteiger partial charge is 0.325 e. The van der Waals surface area contributed by atoms with E-state index in [0.717, 1.165) is 17.7 Å². The number of carbonyl (C=O) groups is 1. The zero-order chi connectivity index (χ0) is 13.5. The molecule has 0 spiro atoms. The van der Waals surface area contributed by atoms with E-state index in [9.17, 15) is 4.79 Å². The highest BCUT2D eigenvalue weighted by molar-refractivity contribution is 5.92. The zero-order valence-corrected chi connectivity index (χ0v) is 10.5. The molecule has 2 aromatic rings. The number of nitrogens with one attached hydrogen (secondary N) is 1. The van der Waals surface area contributed by atoms with Gasteiger partial charge in [-0.15, -0.1) is 0 Å². The maximum atomic E-state index is 11.3. The number of anilines is 1. The first-order valence-corrected chi connectivity index (χ1v) is 6.07. The second kappa shape index (κ2) is 6.36. The predicted octanol–water partition coefficient (Wildman–Crippen LogP) is 3.13. The van der Waals surface area contributed by atoms with Gasteiger partial charge in [-0.2, -0.15) is 5.26 Å². The van der Waals surface area contributed by atoms with Gasteiger partial charge in [0.1, 0.15) is 6.42 Å². The average molecular weight is 250 g/mol. The van der Waals surface area contributed by atoms with Crippen LogP contribution in [0.4, 0.5) is 5.69 Å². The molecule has 2 rings (SSSR count). The third-order valence-corrected chi connectivity index (χ3v) is 2.70. The Kier molecular flexibility index (Phi) is 4.30. The molecule has 1 amide bonds. The summed E-state index contributed by atoms with van der Waals surface area (Å²) in [6.45, 7) is 0. The summed E-state index contributed by atoms with van der Waals surface area (Å²) in [5, 5.41) is 11.2. The summed E-state index contributed by atoms with van der Waals surface area (Å²) < 4.78 is 0. The van der Waals surface area contributed by atoms with Gasteiger partial charge in [0.2, 0.25) is 5.91 Å². The number of benzene rings is 2. The van der Waals surface area contributed by atoms with E-state index in [2.05, 4.69) is 17.4 Å². The topological polar surface area (TPSA) is 52.9 Å². The fourth-order valence-electron chi connectivity index (χ4n) is 1.87. The third-order valence-electron chi connectivity index (χ3n) is 2.70. The van der Waals surface area contributed by atoms with Crippen LogP contribution < -0.4 is 5.32 Å². The van der Waals surface area contributed by atoms with E-state index in [1.54, 1.807) is 0 Å². The van der Waals surface area contributed by atoms with Crippen LogP contribution in [0, 0.1) is 11.3 Å². The minimum atomic E-state index is -0.278. The van der Waals surface area contributed by atoms with Crippen molar-refractivity contribution in [1.82, 2.24) is 0 Å². The molecular weight excluding hydrogens is 236 g/mol. The fraction of sp³-hybridized carbons (Fsp3) is 0.125. The summed E-state index contributed by atoms with van der Waals surface area (Å²) in [5.74, 6) is -0.278. The maximum absolute atomic E-state index is 11.3. The normalized spacial score (nSPS) is 9.63. The smallest absolute Gasteiger partial charge is 0.238 e. The van der Waals surface area contributed by atoms with Gasteiger partial charge in [0, 0.05) is 5.69 Å². The Labute approximate surface area is 112 Å². The first kappa shape index (κ1) is 12.8. The minimum Gasteiger partial charge on any atom is -0.325 e. The molecule has 0 aliphatic heterocycles. The minimum absolute atomic E-state index is 0.122. The van der Waals surface area contributed by atoms with Crippen LogP contribution in [-0.4, -0.2) is 5.91 Å². The van der Waals surface area contributed by atoms with Crippen molar-refractivity contribution in [3.63, 3.8) is 0 Å². The van der Waals surface area contributed by atoms with Crippen molar-refractivity contribution in [2.24, 2.45) is 0 Å². The summed E-state index contributed by atoms with van der Waals surface area (Å²) >= 11 is 0. The Morgan fingerprint density at radius 1 is 1.05 bits per heavy atom. The molecule has 0 aliphatic carbocycles. The summed E-state index contributed by atoms with van der Waals surface area (Å²) in [7, 11) is 0. The first-order chi connectivity index (χ1) is 9.28. The van der Waals surface area contributed by atoms with Crippen molar-refractivity contribution in [1.29, 1.82) is 5.26 Å². The summed E-state index contributed by atoms with van der Waals surface area (Å²) in [5.41, 5.74) is 3.08. The Balaban J connectivity index is 2.07. The lowest BCUT2D eigenvalue weighted by Gasteiger charge is -2.06. The lowest BCUT2D eigenvalue weighted by molar-refractivity contribution is -0.115. The number of amides is 1. The van der Waals surface area contributed by atoms with Crippen molar-refractivity contribution in [3.05, 3.63) is 65.7 Å². The predicted molar refractivity (Wildman–Crippen MR) is 74.5 cm³/mol. The molecule has 0 aromatic heterocycles. The molecule has 94 valence electrons.